The second-order valence-electron chi connectivity index (χ2n) is 4.79. The van der Waals surface area contributed by atoms with E-state index in [2.05, 4.69) is 0 Å². The van der Waals surface area contributed by atoms with Gasteiger partial charge in [0.25, 0.3) is 5.91 Å². The summed E-state index contributed by atoms with van der Waals surface area (Å²) in [5, 5.41) is 8.70. The zero-order chi connectivity index (χ0) is 15.2. The zero-order valence-corrected chi connectivity index (χ0v) is 11.5. The smallest absolute Gasteiger partial charge is 0.317 e. The van der Waals surface area contributed by atoms with Crippen molar-refractivity contribution < 1.29 is 23.8 Å². The predicted molar refractivity (Wildman–Crippen MR) is 72.6 cm³/mol. The van der Waals surface area contributed by atoms with Crippen LogP contribution in [0.4, 0.5) is 4.39 Å². The van der Waals surface area contributed by atoms with Crippen molar-refractivity contribution in [2.24, 2.45) is 0 Å². The molecule has 1 aliphatic heterocycles. The first-order valence-electron chi connectivity index (χ1n) is 6.65. The molecule has 0 spiro atoms. The molecule has 0 unspecified atom stereocenters. The lowest BCUT2D eigenvalue weighted by atomic mass is 10.3. The van der Waals surface area contributed by atoms with E-state index in [1.54, 1.807) is 9.80 Å². The number of piperazine rings is 1. The number of carbonyl (C=O) groups is 2. The van der Waals surface area contributed by atoms with Gasteiger partial charge in [-0.3, -0.25) is 14.5 Å². The molecule has 1 fully saturated rings. The number of benzene rings is 1. The molecule has 0 atom stereocenters. The van der Waals surface area contributed by atoms with Crippen LogP contribution in [-0.2, 0) is 9.59 Å². The van der Waals surface area contributed by atoms with Crippen LogP contribution in [0.5, 0.6) is 5.75 Å². The Hall–Kier alpha value is -2.15. The number of rotatable bonds is 5. The Morgan fingerprint density at radius 1 is 1.14 bits per heavy atom. The summed E-state index contributed by atoms with van der Waals surface area (Å²) >= 11 is 0. The zero-order valence-electron chi connectivity index (χ0n) is 11.5. The third kappa shape index (κ3) is 4.71. The molecule has 2 rings (SSSR count). The van der Waals surface area contributed by atoms with E-state index in [-0.39, 0.29) is 24.9 Å². The van der Waals surface area contributed by atoms with Gasteiger partial charge in [-0.25, -0.2) is 4.39 Å². The van der Waals surface area contributed by atoms with E-state index >= 15 is 0 Å². The molecular formula is C14H17FN2O4. The lowest BCUT2D eigenvalue weighted by molar-refractivity contribution is -0.139. The van der Waals surface area contributed by atoms with Gasteiger partial charge in [0.2, 0.25) is 0 Å². The molecule has 1 amide bonds. The van der Waals surface area contributed by atoms with Crippen LogP contribution in [0.25, 0.3) is 0 Å². The van der Waals surface area contributed by atoms with E-state index in [1.807, 2.05) is 0 Å². The minimum absolute atomic E-state index is 0.00584. The normalized spacial score (nSPS) is 15.8. The van der Waals surface area contributed by atoms with Crippen LogP contribution in [0.2, 0.25) is 0 Å². The highest BCUT2D eigenvalue weighted by Crippen LogP contribution is 2.11. The fourth-order valence-corrected chi connectivity index (χ4v) is 2.11. The Bertz CT molecular complexity index is 498. The highest BCUT2D eigenvalue weighted by Gasteiger charge is 2.22. The topological polar surface area (TPSA) is 70.1 Å². The van der Waals surface area contributed by atoms with Crippen LogP contribution in [0.3, 0.4) is 0 Å². The van der Waals surface area contributed by atoms with Gasteiger partial charge in [-0.1, -0.05) is 0 Å². The fraction of sp³-hybridized carbons (Fsp3) is 0.429. The van der Waals surface area contributed by atoms with Gasteiger partial charge < -0.3 is 14.7 Å². The molecule has 1 aromatic rings. The van der Waals surface area contributed by atoms with Gasteiger partial charge in [-0.15, -0.1) is 0 Å². The number of aliphatic carboxylic acids is 1. The van der Waals surface area contributed by atoms with Crippen LogP contribution in [0, 0.1) is 5.82 Å². The van der Waals surface area contributed by atoms with Crippen molar-refractivity contribution >= 4 is 11.9 Å². The first-order chi connectivity index (χ1) is 10.0. The molecule has 1 aromatic carbocycles. The number of ether oxygens (including phenoxy) is 1. The first kappa shape index (κ1) is 15.2. The predicted octanol–water partition coefficient (Wildman–Crippen LogP) is 0.433. The minimum Gasteiger partial charge on any atom is -0.484 e. The van der Waals surface area contributed by atoms with Crippen LogP contribution in [-0.4, -0.2) is 66.1 Å². The van der Waals surface area contributed by atoms with Gasteiger partial charge >= 0.3 is 5.97 Å². The molecule has 0 aliphatic carbocycles. The van der Waals surface area contributed by atoms with Crippen molar-refractivity contribution in [1.82, 2.24) is 9.80 Å². The highest BCUT2D eigenvalue weighted by atomic mass is 19.1. The summed E-state index contributed by atoms with van der Waals surface area (Å²) in [6.45, 7) is 1.93. The van der Waals surface area contributed by atoms with Crippen molar-refractivity contribution in [2.45, 2.75) is 0 Å². The van der Waals surface area contributed by atoms with Crippen molar-refractivity contribution in [3.8, 4) is 5.75 Å². The van der Waals surface area contributed by atoms with Crippen molar-refractivity contribution in [3.05, 3.63) is 30.1 Å². The molecule has 1 heterocycles. The summed E-state index contributed by atoms with van der Waals surface area (Å²) in [7, 11) is 0. The molecule has 114 valence electrons. The summed E-state index contributed by atoms with van der Waals surface area (Å²) < 4.78 is 18.0. The molecule has 0 saturated carbocycles. The molecular weight excluding hydrogens is 279 g/mol. The van der Waals surface area contributed by atoms with Crippen molar-refractivity contribution in [1.29, 1.82) is 0 Å². The molecule has 0 aromatic heterocycles. The molecule has 0 radical (unpaired) electrons. The van der Waals surface area contributed by atoms with Gasteiger partial charge in [0, 0.05) is 26.2 Å². The monoisotopic (exact) mass is 296 g/mol. The lowest BCUT2D eigenvalue weighted by Crippen LogP contribution is -2.51. The fourth-order valence-electron chi connectivity index (χ4n) is 2.11. The number of amides is 1. The van der Waals surface area contributed by atoms with E-state index in [1.165, 1.54) is 24.3 Å². The summed E-state index contributed by atoms with van der Waals surface area (Å²) in [6.07, 6.45) is 0. The second kappa shape index (κ2) is 7.03. The third-order valence-electron chi connectivity index (χ3n) is 3.26. The lowest BCUT2D eigenvalue weighted by Gasteiger charge is -2.33. The van der Waals surface area contributed by atoms with E-state index in [0.29, 0.717) is 31.9 Å². The SMILES string of the molecule is O=C(O)CN1CCN(C(=O)COc2ccc(F)cc2)CC1. The number of carboxylic acids is 1. The third-order valence-corrected chi connectivity index (χ3v) is 3.26. The van der Waals surface area contributed by atoms with E-state index in [0.717, 1.165) is 0 Å². The Morgan fingerprint density at radius 2 is 1.76 bits per heavy atom. The molecule has 21 heavy (non-hydrogen) atoms. The number of hydrogen-bond acceptors (Lipinski definition) is 4. The summed E-state index contributed by atoms with van der Waals surface area (Å²) in [5.74, 6) is -0.943. The molecule has 0 bridgehead atoms. The van der Waals surface area contributed by atoms with E-state index in [9.17, 15) is 14.0 Å². The van der Waals surface area contributed by atoms with Gasteiger partial charge in [0.05, 0.1) is 6.54 Å². The van der Waals surface area contributed by atoms with Gasteiger partial charge in [-0.2, -0.15) is 0 Å². The van der Waals surface area contributed by atoms with Gasteiger partial charge in [0.1, 0.15) is 11.6 Å². The largest absolute Gasteiger partial charge is 0.484 e. The number of nitrogens with zero attached hydrogens (tertiary/aromatic N) is 2. The van der Waals surface area contributed by atoms with Crippen LogP contribution < -0.4 is 4.74 Å². The second-order valence-corrected chi connectivity index (χ2v) is 4.79. The number of carboxylic acid groups (broad SMARTS) is 1. The molecule has 1 aliphatic rings. The van der Waals surface area contributed by atoms with Gasteiger partial charge in [-0.05, 0) is 24.3 Å². The van der Waals surface area contributed by atoms with Crippen LogP contribution in [0.1, 0.15) is 0 Å². The Balaban J connectivity index is 1.74. The van der Waals surface area contributed by atoms with Crippen molar-refractivity contribution in [3.63, 3.8) is 0 Å². The quantitative estimate of drug-likeness (QED) is 0.853. The van der Waals surface area contributed by atoms with Crippen LogP contribution in [0.15, 0.2) is 24.3 Å². The molecule has 6 nitrogen and oxygen atoms in total. The van der Waals surface area contributed by atoms with Crippen LogP contribution >= 0.6 is 0 Å². The average molecular weight is 296 g/mol. The maximum absolute atomic E-state index is 12.7. The molecule has 1 N–H and O–H groups in total. The summed E-state index contributed by atoms with van der Waals surface area (Å²) in [5.41, 5.74) is 0. The molecule has 7 heteroatoms. The average Bonchev–Trinajstić information content (AvgIpc) is 2.46. The summed E-state index contributed by atoms with van der Waals surface area (Å²) in [6, 6.07) is 5.47. The summed E-state index contributed by atoms with van der Waals surface area (Å²) in [4.78, 5) is 26.0. The maximum atomic E-state index is 12.7. The molecule has 1 saturated heterocycles. The number of halogens is 1. The minimum atomic E-state index is -0.866. The Labute approximate surface area is 121 Å². The Morgan fingerprint density at radius 3 is 2.33 bits per heavy atom. The van der Waals surface area contributed by atoms with E-state index < -0.39 is 5.97 Å². The highest BCUT2D eigenvalue weighted by molar-refractivity contribution is 5.78. The van der Waals surface area contributed by atoms with Gasteiger partial charge in [0.15, 0.2) is 6.61 Å². The maximum Gasteiger partial charge on any atom is 0.317 e. The van der Waals surface area contributed by atoms with E-state index in [4.69, 9.17) is 9.84 Å². The number of carbonyl (C=O) groups excluding carboxylic acids is 1. The van der Waals surface area contributed by atoms with Crippen molar-refractivity contribution in [2.75, 3.05) is 39.3 Å². The first-order valence-corrected chi connectivity index (χ1v) is 6.65. The standard InChI is InChI=1S/C14H17FN2O4/c15-11-1-3-12(4-2-11)21-10-13(18)17-7-5-16(6-8-17)9-14(19)20/h1-4H,5-10H2,(H,19,20). The Kier molecular flexibility index (Phi) is 5.10. The number of hydrogen-bond donors (Lipinski definition) is 1.